The average Bonchev–Trinajstić information content (AvgIpc) is 3.29. The second-order valence-electron chi connectivity index (χ2n) is 8.38. The largest absolute Gasteiger partial charge is 0.485 e. The molecule has 0 fully saturated rings. The van der Waals surface area contributed by atoms with Crippen LogP contribution in [0.4, 0.5) is 8.78 Å². The quantitative estimate of drug-likeness (QED) is 0.388. The number of nitrogens with two attached hydrogens (primary N) is 1. The van der Waals surface area contributed by atoms with E-state index in [2.05, 4.69) is 15.2 Å². The van der Waals surface area contributed by atoms with Crippen molar-refractivity contribution in [3.8, 4) is 16.5 Å². The molecule has 0 spiro atoms. The molecule has 8 nitrogen and oxygen atoms in total. The zero-order valence-electron chi connectivity index (χ0n) is 19.2. The van der Waals surface area contributed by atoms with Crippen LogP contribution in [-0.4, -0.2) is 36.7 Å². The van der Waals surface area contributed by atoms with Crippen LogP contribution in [0, 0.1) is 25.5 Å². The molecule has 0 saturated carbocycles. The van der Waals surface area contributed by atoms with Gasteiger partial charge in [-0.3, -0.25) is 9.20 Å². The Hall–Kier alpha value is -3.44. The third-order valence-corrected chi connectivity index (χ3v) is 5.64. The van der Waals surface area contributed by atoms with E-state index in [-0.39, 0.29) is 24.2 Å². The Balaban J connectivity index is 0.00000103. The molecule has 0 aliphatic rings. The second-order valence-corrected chi connectivity index (χ2v) is 9.44. The zero-order chi connectivity index (χ0) is 25.0. The third kappa shape index (κ3) is 5.72. The van der Waals surface area contributed by atoms with Gasteiger partial charge in [0.25, 0.3) is 6.47 Å². The van der Waals surface area contributed by atoms with Gasteiger partial charge in [-0.25, -0.2) is 13.8 Å². The number of benzene rings is 1. The predicted octanol–water partition coefficient (Wildman–Crippen LogP) is 4.31. The average molecular weight is 490 g/mol. The van der Waals surface area contributed by atoms with Crippen LogP contribution >= 0.6 is 11.3 Å². The minimum Gasteiger partial charge on any atom is -0.485 e. The number of halogens is 2. The van der Waals surface area contributed by atoms with E-state index in [1.165, 1.54) is 29.5 Å². The lowest BCUT2D eigenvalue weighted by atomic mass is 10.0. The van der Waals surface area contributed by atoms with Gasteiger partial charge in [-0.05, 0) is 51.5 Å². The van der Waals surface area contributed by atoms with Crippen LogP contribution in [0.2, 0.25) is 0 Å². The molecule has 34 heavy (non-hydrogen) atoms. The highest BCUT2D eigenvalue weighted by molar-refractivity contribution is 7.14. The highest BCUT2D eigenvalue weighted by Gasteiger charge is 2.21. The van der Waals surface area contributed by atoms with Gasteiger partial charge in [0.1, 0.15) is 28.9 Å². The third-order valence-electron chi connectivity index (χ3n) is 4.71. The molecular formula is C23H25F2N5O3S. The van der Waals surface area contributed by atoms with Gasteiger partial charge in [0, 0.05) is 18.2 Å². The summed E-state index contributed by atoms with van der Waals surface area (Å²) in [4.78, 5) is 13.0. The number of aromatic nitrogens is 4. The number of fused-ring (bicyclic) bond motifs is 1. The number of imidazole rings is 1. The lowest BCUT2D eigenvalue weighted by molar-refractivity contribution is -0.122. The van der Waals surface area contributed by atoms with Crippen LogP contribution < -0.4 is 10.5 Å². The predicted molar refractivity (Wildman–Crippen MR) is 125 cm³/mol. The Morgan fingerprint density at radius 2 is 1.88 bits per heavy atom. The number of hydrogen-bond donors (Lipinski definition) is 2. The Kier molecular flexibility index (Phi) is 7.57. The number of carbonyl (C=O) groups is 1. The molecule has 0 amide bonds. The first-order valence-corrected chi connectivity index (χ1v) is 11.1. The van der Waals surface area contributed by atoms with E-state index in [1.807, 2.05) is 38.3 Å². The van der Waals surface area contributed by atoms with Crippen molar-refractivity contribution in [2.45, 2.75) is 46.3 Å². The molecule has 3 aromatic heterocycles. The molecule has 0 saturated heterocycles. The van der Waals surface area contributed by atoms with E-state index < -0.39 is 11.6 Å². The molecule has 0 radical (unpaired) electrons. The number of hydrogen-bond acceptors (Lipinski definition) is 7. The topological polar surface area (TPSA) is 116 Å². The molecular weight excluding hydrogens is 464 g/mol. The fraction of sp³-hybridized carbons (Fsp3) is 0.304. The highest BCUT2D eigenvalue weighted by atomic mass is 32.1. The van der Waals surface area contributed by atoms with Gasteiger partial charge in [0.15, 0.2) is 16.4 Å². The Labute approximate surface area is 199 Å². The molecule has 180 valence electrons. The molecule has 0 aliphatic heterocycles. The van der Waals surface area contributed by atoms with Crippen molar-refractivity contribution in [3.05, 3.63) is 63.9 Å². The minimum absolute atomic E-state index is 0.121. The van der Waals surface area contributed by atoms with Crippen molar-refractivity contribution in [3.63, 3.8) is 0 Å². The molecule has 0 bridgehead atoms. The molecule has 3 N–H and O–H groups in total. The zero-order valence-corrected chi connectivity index (χ0v) is 20.0. The summed E-state index contributed by atoms with van der Waals surface area (Å²) in [6.45, 7) is 7.19. The van der Waals surface area contributed by atoms with Crippen LogP contribution in [0.5, 0.6) is 5.75 Å². The number of carboxylic acid groups (broad SMARTS) is 1. The van der Waals surface area contributed by atoms with Gasteiger partial charge < -0.3 is 15.6 Å². The number of pyridine rings is 1. The maximum atomic E-state index is 14.0. The molecule has 11 heteroatoms. The smallest absolute Gasteiger partial charge is 0.290 e. The molecule has 1 aromatic carbocycles. The molecule has 0 atom stereocenters. The van der Waals surface area contributed by atoms with Gasteiger partial charge in [-0.1, -0.05) is 17.4 Å². The normalized spacial score (nSPS) is 11.3. The summed E-state index contributed by atoms with van der Waals surface area (Å²) >= 11 is 1.47. The van der Waals surface area contributed by atoms with E-state index in [1.54, 1.807) is 6.07 Å². The molecule has 3 heterocycles. The van der Waals surface area contributed by atoms with Gasteiger partial charge in [0.2, 0.25) is 0 Å². The summed E-state index contributed by atoms with van der Waals surface area (Å²) in [5.41, 5.74) is 8.61. The SMILES string of the molecule is Cc1cc(OCc2c(F)cccc2F)c2nc(C)c(-c3nnc(CC(C)(C)N)s3)n2c1.O=CO. The number of nitrogens with zero attached hydrogens (tertiary/aromatic N) is 4. The van der Waals surface area contributed by atoms with E-state index in [9.17, 15) is 8.78 Å². The van der Waals surface area contributed by atoms with Crippen molar-refractivity contribution in [2.24, 2.45) is 5.73 Å². The molecule has 4 rings (SSSR count). The van der Waals surface area contributed by atoms with Crippen molar-refractivity contribution < 1.29 is 23.4 Å². The number of rotatable bonds is 6. The van der Waals surface area contributed by atoms with Crippen LogP contribution in [0.3, 0.4) is 0 Å². The molecule has 4 aromatic rings. The Morgan fingerprint density at radius 1 is 1.24 bits per heavy atom. The van der Waals surface area contributed by atoms with Crippen molar-refractivity contribution in [2.75, 3.05) is 0 Å². The van der Waals surface area contributed by atoms with Crippen molar-refractivity contribution >= 4 is 23.5 Å². The molecule has 0 aliphatic carbocycles. The monoisotopic (exact) mass is 489 g/mol. The van der Waals surface area contributed by atoms with Crippen LogP contribution in [-0.2, 0) is 17.8 Å². The standard InChI is InChI=1S/C22H23F2N5OS.CH2O2/c1-12-8-17(30-11-14-15(23)6-5-7-16(14)24)20-26-13(2)19(29(20)10-12)21-28-27-18(31-21)9-22(3,4)25;2-1-3/h5-8,10H,9,11,25H2,1-4H3;1H,(H,2,3). The summed E-state index contributed by atoms with van der Waals surface area (Å²) < 4.78 is 35.7. The summed E-state index contributed by atoms with van der Waals surface area (Å²) in [6.07, 6.45) is 2.54. The summed E-state index contributed by atoms with van der Waals surface area (Å²) in [6, 6.07) is 5.54. The van der Waals surface area contributed by atoms with E-state index in [0.29, 0.717) is 17.8 Å². The Bertz CT molecular complexity index is 1290. The summed E-state index contributed by atoms with van der Waals surface area (Å²) in [5.74, 6) is -0.856. The van der Waals surface area contributed by atoms with Gasteiger partial charge in [0.05, 0.1) is 11.3 Å². The van der Waals surface area contributed by atoms with Crippen LogP contribution in [0.15, 0.2) is 30.5 Å². The number of ether oxygens (including phenoxy) is 1. The summed E-state index contributed by atoms with van der Waals surface area (Å²) in [7, 11) is 0. The van der Waals surface area contributed by atoms with Crippen LogP contribution in [0.1, 0.15) is 35.7 Å². The van der Waals surface area contributed by atoms with Gasteiger partial charge in [-0.15, -0.1) is 10.2 Å². The highest BCUT2D eigenvalue weighted by Crippen LogP contribution is 2.33. The lowest BCUT2D eigenvalue weighted by Gasteiger charge is -2.15. The van der Waals surface area contributed by atoms with Gasteiger partial charge in [-0.2, -0.15) is 0 Å². The van der Waals surface area contributed by atoms with Crippen molar-refractivity contribution in [1.82, 2.24) is 19.6 Å². The fourth-order valence-corrected chi connectivity index (χ4v) is 4.53. The van der Waals surface area contributed by atoms with Crippen molar-refractivity contribution in [1.29, 1.82) is 0 Å². The van der Waals surface area contributed by atoms with Gasteiger partial charge >= 0.3 is 0 Å². The first kappa shape index (κ1) is 25.2. The first-order chi connectivity index (χ1) is 16.0. The minimum atomic E-state index is -0.645. The molecule has 0 unspecified atom stereocenters. The second kappa shape index (κ2) is 10.2. The fourth-order valence-electron chi connectivity index (χ4n) is 3.35. The van der Waals surface area contributed by atoms with Crippen LogP contribution in [0.25, 0.3) is 16.3 Å². The van der Waals surface area contributed by atoms with E-state index in [0.717, 1.165) is 27.0 Å². The maximum Gasteiger partial charge on any atom is 0.290 e. The lowest BCUT2D eigenvalue weighted by Crippen LogP contribution is -2.34. The first-order valence-electron chi connectivity index (χ1n) is 10.3. The van der Waals surface area contributed by atoms with E-state index in [4.69, 9.17) is 20.4 Å². The maximum absolute atomic E-state index is 14.0. The Morgan fingerprint density at radius 3 is 2.50 bits per heavy atom. The number of aryl methyl sites for hydroxylation is 2. The van der Waals surface area contributed by atoms with E-state index >= 15 is 0 Å². The summed E-state index contributed by atoms with van der Waals surface area (Å²) in [5, 5.41) is 17.1.